The molecule has 0 aliphatic rings. The van der Waals surface area contributed by atoms with Gasteiger partial charge in [-0.1, -0.05) is 71.9 Å². The Bertz CT molecular complexity index is 627. The second-order valence-electron chi connectivity index (χ2n) is 5.61. The quantitative estimate of drug-likeness (QED) is 0.468. The van der Waals surface area contributed by atoms with Crippen LogP contribution in [-0.2, 0) is 13.3 Å². The number of rotatable bonds is 10. The fraction of sp³-hybridized carbons (Fsp3) is 0.300. The molecule has 2 aromatic carbocycles. The van der Waals surface area contributed by atoms with E-state index in [1.54, 1.807) is 0 Å². The fourth-order valence-electron chi connectivity index (χ4n) is 2.81. The fourth-order valence-corrected chi connectivity index (χ4v) is 11.0. The van der Waals surface area contributed by atoms with E-state index in [1.807, 2.05) is 32.9 Å². The first kappa shape index (κ1) is 19.8. The smallest absolute Gasteiger partial charge is 0.377 e. The normalized spacial score (nSPS) is 12.8. The Morgan fingerprint density at radius 1 is 0.800 bits per heavy atom. The van der Waals surface area contributed by atoms with Gasteiger partial charge in [0.1, 0.15) is 0 Å². The lowest BCUT2D eigenvalue weighted by Crippen LogP contribution is -2.52. The van der Waals surface area contributed by atoms with E-state index in [9.17, 15) is 0 Å². The first-order valence-corrected chi connectivity index (χ1v) is 13.7. The van der Waals surface area contributed by atoms with Crippen molar-refractivity contribution in [1.29, 1.82) is 0 Å². The molecule has 2 rings (SSSR count). The van der Waals surface area contributed by atoms with Crippen molar-refractivity contribution in [2.45, 2.75) is 20.8 Å². The van der Waals surface area contributed by atoms with Gasteiger partial charge in [0.25, 0.3) is 0 Å². The Balaban J connectivity index is 2.41. The van der Waals surface area contributed by atoms with Gasteiger partial charge in [-0.25, -0.2) is 0 Å². The van der Waals surface area contributed by atoms with Crippen LogP contribution in [0.2, 0.25) is 0 Å². The van der Waals surface area contributed by atoms with Crippen molar-refractivity contribution in [2.24, 2.45) is 0 Å². The van der Waals surface area contributed by atoms with Gasteiger partial charge in [-0.3, -0.25) is 0 Å². The minimum absolute atomic E-state index is 0.618. The monoisotopic (exact) mass is 372 g/mol. The summed E-state index contributed by atoms with van der Waals surface area (Å²) >= 11 is 0. The average Bonchev–Trinajstić information content (AvgIpc) is 2.63. The lowest BCUT2D eigenvalue weighted by Gasteiger charge is -2.29. The van der Waals surface area contributed by atoms with E-state index in [2.05, 4.69) is 54.6 Å². The van der Waals surface area contributed by atoms with Crippen molar-refractivity contribution in [1.82, 2.24) is 0 Å². The number of hydrogen-bond donors (Lipinski definition) is 0. The van der Waals surface area contributed by atoms with E-state index < -0.39 is 17.4 Å². The summed E-state index contributed by atoms with van der Waals surface area (Å²) in [6.07, 6.45) is 2.26. The van der Waals surface area contributed by atoms with Crippen molar-refractivity contribution < 1.29 is 13.3 Å². The van der Waals surface area contributed by atoms with Crippen molar-refractivity contribution in [3.63, 3.8) is 0 Å². The zero-order valence-electron chi connectivity index (χ0n) is 15.4. The molecule has 0 heterocycles. The van der Waals surface area contributed by atoms with E-state index in [-0.39, 0.29) is 0 Å². The Kier molecular flexibility index (Phi) is 8.30. The average molecular weight is 373 g/mol. The largest absolute Gasteiger partial charge is 0.467 e. The third-order valence-electron chi connectivity index (χ3n) is 3.78. The zero-order chi connectivity index (χ0) is 18.0. The van der Waals surface area contributed by atoms with E-state index in [0.717, 1.165) is 0 Å². The van der Waals surface area contributed by atoms with Gasteiger partial charge in [0.2, 0.25) is 0 Å². The molecule has 5 heteroatoms. The van der Waals surface area contributed by atoms with Crippen LogP contribution in [0.1, 0.15) is 31.9 Å². The number of benzene rings is 2. The van der Waals surface area contributed by atoms with Gasteiger partial charge in [-0.05, 0) is 31.9 Å². The molecular formula is C20H28O3Si2. The first-order chi connectivity index (χ1) is 12.2. The lowest BCUT2D eigenvalue weighted by atomic mass is 10.1. The van der Waals surface area contributed by atoms with Gasteiger partial charge in [0.05, 0.1) is 0 Å². The summed E-state index contributed by atoms with van der Waals surface area (Å²) in [5, 5.41) is 1.31. The minimum atomic E-state index is -2.62. The zero-order valence-corrected chi connectivity index (χ0v) is 17.8. The predicted molar refractivity (Wildman–Crippen MR) is 110 cm³/mol. The summed E-state index contributed by atoms with van der Waals surface area (Å²) < 4.78 is 18.3. The molecule has 25 heavy (non-hydrogen) atoms. The first-order valence-electron chi connectivity index (χ1n) is 8.96. The second kappa shape index (κ2) is 10.5. The van der Waals surface area contributed by atoms with Crippen LogP contribution in [-0.4, -0.2) is 37.2 Å². The molecule has 3 nitrogen and oxygen atoms in total. The Labute approximate surface area is 154 Å². The SMILES string of the molecule is CCO[Si](OCC)(OCC)[SiH2]C(=Cc1ccccc1)c1ccccc1. The molecule has 0 unspecified atom stereocenters. The molecule has 0 bridgehead atoms. The third-order valence-corrected chi connectivity index (χ3v) is 11.7. The highest BCUT2D eigenvalue weighted by Crippen LogP contribution is 2.22. The summed E-state index contributed by atoms with van der Waals surface area (Å²) in [5.41, 5.74) is 2.43. The van der Waals surface area contributed by atoms with Crippen molar-refractivity contribution in [3.8, 4) is 0 Å². The van der Waals surface area contributed by atoms with Crippen LogP contribution in [0, 0.1) is 0 Å². The summed E-state index contributed by atoms with van der Waals surface area (Å²) in [6, 6.07) is 20.9. The maximum Gasteiger partial charge on any atom is 0.467 e. The molecule has 0 amide bonds. The van der Waals surface area contributed by atoms with Gasteiger partial charge >= 0.3 is 8.32 Å². The summed E-state index contributed by atoms with van der Waals surface area (Å²) in [7, 11) is -3.53. The molecular weight excluding hydrogens is 344 g/mol. The van der Waals surface area contributed by atoms with Crippen molar-refractivity contribution in [3.05, 3.63) is 71.8 Å². The topological polar surface area (TPSA) is 27.7 Å². The highest BCUT2D eigenvalue weighted by atomic mass is 29.2. The standard InChI is InChI=1S/C20H28O3Si2/c1-4-21-25(22-5-2,23-6-3)24-20(19-15-11-8-12-16-19)17-18-13-9-7-10-14-18/h7-17H,4-6,24H2,1-3H3. The summed E-state index contributed by atoms with van der Waals surface area (Å²) in [4.78, 5) is 0. The van der Waals surface area contributed by atoms with Crippen molar-refractivity contribution >= 4 is 28.6 Å². The number of hydrogen-bond acceptors (Lipinski definition) is 3. The van der Waals surface area contributed by atoms with Crippen LogP contribution in [0.4, 0.5) is 0 Å². The van der Waals surface area contributed by atoms with Crippen LogP contribution in [0.15, 0.2) is 60.7 Å². The summed E-state index contributed by atoms with van der Waals surface area (Å²) in [6.45, 7) is 7.89. The molecule has 2 aromatic rings. The minimum Gasteiger partial charge on any atom is -0.377 e. The van der Waals surface area contributed by atoms with E-state index in [0.29, 0.717) is 19.8 Å². The Morgan fingerprint density at radius 2 is 1.28 bits per heavy atom. The molecule has 0 atom stereocenters. The van der Waals surface area contributed by atoms with Crippen LogP contribution in [0.3, 0.4) is 0 Å². The van der Waals surface area contributed by atoms with Crippen LogP contribution < -0.4 is 0 Å². The molecule has 0 aliphatic carbocycles. The van der Waals surface area contributed by atoms with E-state index in [1.165, 1.54) is 16.3 Å². The maximum absolute atomic E-state index is 6.12. The molecule has 0 spiro atoms. The van der Waals surface area contributed by atoms with Gasteiger partial charge < -0.3 is 13.3 Å². The third kappa shape index (κ3) is 6.06. The lowest BCUT2D eigenvalue weighted by molar-refractivity contribution is 0.0934. The van der Waals surface area contributed by atoms with Crippen molar-refractivity contribution in [2.75, 3.05) is 19.8 Å². The molecule has 0 fully saturated rings. The van der Waals surface area contributed by atoms with E-state index in [4.69, 9.17) is 13.3 Å². The highest BCUT2D eigenvalue weighted by Gasteiger charge is 2.41. The van der Waals surface area contributed by atoms with Gasteiger partial charge in [-0.15, -0.1) is 0 Å². The maximum atomic E-state index is 6.12. The molecule has 0 N–H and O–H groups in total. The van der Waals surface area contributed by atoms with Crippen LogP contribution >= 0.6 is 0 Å². The Hall–Kier alpha value is -1.51. The van der Waals surface area contributed by atoms with Gasteiger partial charge in [-0.2, -0.15) is 0 Å². The van der Waals surface area contributed by atoms with Gasteiger partial charge in [0.15, 0.2) is 9.04 Å². The van der Waals surface area contributed by atoms with Crippen LogP contribution in [0.25, 0.3) is 11.3 Å². The molecule has 0 aromatic heterocycles. The predicted octanol–water partition coefficient (Wildman–Crippen LogP) is 3.90. The van der Waals surface area contributed by atoms with Crippen LogP contribution in [0.5, 0.6) is 0 Å². The Morgan fingerprint density at radius 3 is 1.76 bits per heavy atom. The highest BCUT2D eigenvalue weighted by molar-refractivity contribution is 7.22. The molecule has 0 saturated carbocycles. The molecule has 0 radical (unpaired) electrons. The summed E-state index contributed by atoms with van der Waals surface area (Å²) in [5.74, 6) is 0. The molecule has 0 aliphatic heterocycles. The van der Waals surface area contributed by atoms with E-state index >= 15 is 0 Å². The second-order valence-corrected chi connectivity index (χ2v) is 12.6. The molecule has 0 saturated heterocycles. The van der Waals surface area contributed by atoms with Gasteiger partial charge in [0, 0.05) is 19.8 Å². The molecule has 134 valence electrons.